The third-order valence-corrected chi connectivity index (χ3v) is 4.57. The van der Waals surface area contributed by atoms with Gasteiger partial charge in [-0.2, -0.15) is 0 Å². The Morgan fingerprint density at radius 1 is 1.24 bits per heavy atom. The molecule has 0 spiro atoms. The van der Waals surface area contributed by atoms with E-state index in [2.05, 4.69) is 21.2 Å². The van der Waals surface area contributed by atoms with Gasteiger partial charge in [0.25, 0.3) is 5.91 Å². The minimum Gasteiger partial charge on any atom is -0.494 e. The molecule has 0 saturated carbocycles. The molecule has 1 heterocycles. The predicted molar refractivity (Wildman–Crippen MR) is 98.6 cm³/mol. The smallest absolute Gasteiger partial charge is 0.251 e. The highest BCUT2D eigenvalue weighted by molar-refractivity contribution is 9.10. The Balaban J connectivity index is 1.76. The van der Waals surface area contributed by atoms with E-state index in [9.17, 15) is 4.79 Å². The summed E-state index contributed by atoms with van der Waals surface area (Å²) in [7, 11) is 0. The fourth-order valence-electron chi connectivity index (χ4n) is 2.66. The van der Waals surface area contributed by atoms with Crippen LogP contribution in [0, 0.1) is 0 Å². The molecule has 25 heavy (non-hydrogen) atoms. The Kier molecular flexibility index (Phi) is 5.48. The van der Waals surface area contributed by atoms with Gasteiger partial charge in [-0.05, 0) is 49.7 Å². The van der Waals surface area contributed by atoms with E-state index in [1.165, 1.54) is 0 Å². The number of hydrogen-bond donors (Lipinski definition) is 1. The van der Waals surface area contributed by atoms with Crippen LogP contribution in [0.1, 0.15) is 35.8 Å². The summed E-state index contributed by atoms with van der Waals surface area (Å²) >= 11 is 3.55. The second-order valence-corrected chi connectivity index (χ2v) is 6.53. The van der Waals surface area contributed by atoms with Crippen molar-refractivity contribution >= 4 is 21.8 Å². The molecule has 2 aromatic carbocycles. The van der Waals surface area contributed by atoms with Crippen molar-refractivity contribution in [1.82, 2.24) is 5.32 Å². The van der Waals surface area contributed by atoms with Crippen molar-refractivity contribution in [2.45, 2.75) is 19.9 Å². The fourth-order valence-corrected chi connectivity index (χ4v) is 3.33. The highest BCUT2D eigenvalue weighted by Gasteiger charge is 2.19. The normalized spacial score (nSPS) is 13.9. The number of benzene rings is 2. The van der Waals surface area contributed by atoms with Crippen LogP contribution in [0.25, 0.3) is 0 Å². The Hall–Kier alpha value is -2.21. The topological polar surface area (TPSA) is 56.8 Å². The lowest BCUT2D eigenvalue weighted by Gasteiger charge is -2.22. The number of rotatable bonds is 5. The minimum absolute atomic E-state index is 0.157. The maximum absolute atomic E-state index is 12.5. The summed E-state index contributed by atoms with van der Waals surface area (Å²) in [6.45, 7) is 5.47. The molecule has 5 nitrogen and oxygen atoms in total. The van der Waals surface area contributed by atoms with Crippen LogP contribution < -0.4 is 19.5 Å². The molecule has 1 aliphatic rings. The van der Waals surface area contributed by atoms with Crippen LogP contribution in [0.4, 0.5) is 0 Å². The molecule has 0 radical (unpaired) electrons. The molecule has 1 unspecified atom stereocenters. The predicted octanol–water partition coefficient (Wildman–Crippen LogP) is 4.11. The second-order valence-electron chi connectivity index (χ2n) is 5.67. The van der Waals surface area contributed by atoms with Gasteiger partial charge in [0.1, 0.15) is 19.0 Å². The number of fused-ring (bicyclic) bond motifs is 1. The zero-order valence-corrected chi connectivity index (χ0v) is 15.8. The first-order chi connectivity index (χ1) is 12.1. The van der Waals surface area contributed by atoms with Crippen molar-refractivity contribution in [1.29, 1.82) is 0 Å². The van der Waals surface area contributed by atoms with Crippen LogP contribution in [0.3, 0.4) is 0 Å². The second kappa shape index (κ2) is 7.78. The quantitative estimate of drug-likeness (QED) is 0.812. The highest BCUT2D eigenvalue weighted by atomic mass is 79.9. The molecule has 1 amide bonds. The van der Waals surface area contributed by atoms with Crippen LogP contribution >= 0.6 is 15.9 Å². The third kappa shape index (κ3) is 4.07. The number of ether oxygens (including phenoxy) is 3. The van der Waals surface area contributed by atoms with E-state index in [1.807, 2.05) is 38.1 Å². The number of carbonyl (C=O) groups excluding carboxylic acids is 1. The summed E-state index contributed by atoms with van der Waals surface area (Å²) in [6.07, 6.45) is 0. The maximum Gasteiger partial charge on any atom is 0.251 e. The van der Waals surface area contributed by atoms with E-state index < -0.39 is 0 Å². The van der Waals surface area contributed by atoms with Crippen molar-refractivity contribution < 1.29 is 19.0 Å². The number of carbonyl (C=O) groups is 1. The van der Waals surface area contributed by atoms with Gasteiger partial charge in [-0.25, -0.2) is 0 Å². The first-order valence-corrected chi connectivity index (χ1v) is 9.00. The molecular formula is C19H20BrNO4. The molecule has 6 heteroatoms. The average molecular weight is 406 g/mol. The summed E-state index contributed by atoms with van der Waals surface area (Å²) in [5.74, 6) is 1.94. The lowest BCUT2D eigenvalue weighted by molar-refractivity contribution is 0.0939. The van der Waals surface area contributed by atoms with Gasteiger partial charge in [-0.15, -0.1) is 0 Å². The summed E-state index contributed by atoms with van der Waals surface area (Å²) in [6, 6.07) is 10.7. The van der Waals surface area contributed by atoms with Gasteiger partial charge in [0.05, 0.1) is 12.6 Å². The van der Waals surface area contributed by atoms with Gasteiger partial charge in [-0.1, -0.05) is 22.0 Å². The van der Waals surface area contributed by atoms with Crippen LogP contribution in [-0.4, -0.2) is 25.7 Å². The first kappa shape index (κ1) is 17.6. The SMILES string of the molecule is CCOc1cccc(C(=O)NC(C)c2cc3c(cc2Br)OCCO3)c1. The molecule has 0 aliphatic carbocycles. The van der Waals surface area contributed by atoms with Crippen LogP contribution in [0.15, 0.2) is 40.9 Å². The summed E-state index contributed by atoms with van der Waals surface area (Å²) in [5.41, 5.74) is 1.49. The van der Waals surface area contributed by atoms with Gasteiger partial charge in [-0.3, -0.25) is 4.79 Å². The highest BCUT2D eigenvalue weighted by Crippen LogP contribution is 2.37. The Bertz CT molecular complexity index is 778. The molecule has 1 aliphatic heterocycles. The van der Waals surface area contributed by atoms with E-state index in [0.717, 1.165) is 10.0 Å². The van der Waals surface area contributed by atoms with Gasteiger partial charge in [0.15, 0.2) is 11.5 Å². The molecule has 0 fully saturated rings. The van der Waals surface area contributed by atoms with E-state index in [0.29, 0.717) is 42.6 Å². The number of nitrogens with one attached hydrogen (secondary N) is 1. The van der Waals surface area contributed by atoms with Gasteiger partial charge < -0.3 is 19.5 Å². The molecule has 3 rings (SSSR count). The molecule has 1 atom stereocenters. The van der Waals surface area contributed by atoms with Gasteiger partial charge in [0, 0.05) is 10.0 Å². The van der Waals surface area contributed by atoms with Gasteiger partial charge >= 0.3 is 0 Å². The van der Waals surface area contributed by atoms with Gasteiger partial charge in [0.2, 0.25) is 0 Å². The van der Waals surface area contributed by atoms with Crippen molar-refractivity contribution in [3.63, 3.8) is 0 Å². The zero-order chi connectivity index (χ0) is 17.8. The lowest BCUT2D eigenvalue weighted by atomic mass is 10.1. The van der Waals surface area contributed by atoms with E-state index in [-0.39, 0.29) is 11.9 Å². The molecule has 2 aromatic rings. The Morgan fingerprint density at radius 2 is 1.96 bits per heavy atom. The van der Waals surface area contributed by atoms with Crippen molar-refractivity contribution in [3.8, 4) is 17.2 Å². The number of halogens is 1. The monoisotopic (exact) mass is 405 g/mol. The summed E-state index contributed by atoms with van der Waals surface area (Å²) < 4.78 is 17.5. The zero-order valence-electron chi connectivity index (χ0n) is 14.2. The molecule has 132 valence electrons. The fraction of sp³-hybridized carbons (Fsp3) is 0.316. The van der Waals surface area contributed by atoms with Crippen LogP contribution in [0.2, 0.25) is 0 Å². The average Bonchev–Trinajstić information content (AvgIpc) is 2.61. The minimum atomic E-state index is -0.201. The molecule has 1 N–H and O–H groups in total. The van der Waals surface area contributed by atoms with E-state index in [1.54, 1.807) is 12.1 Å². The molecule has 0 saturated heterocycles. The van der Waals surface area contributed by atoms with Crippen LogP contribution in [-0.2, 0) is 0 Å². The van der Waals surface area contributed by atoms with Crippen molar-refractivity contribution in [3.05, 3.63) is 52.0 Å². The van der Waals surface area contributed by atoms with Crippen molar-refractivity contribution in [2.75, 3.05) is 19.8 Å². The molecule has 0 bridgehead atoms. The van der Waals surface area contributed by atoms with Crippen LogP contribution in [0.5, 0.6) is 17.2 Å². The Morgan fingerprint density at radius 3 is 2.68 bits per heavy atom. The first-order valence-electron chi connectivity index (χ1n) is 8.21. The summed E-state index contributed by atoms with van der Waals surface area (Å²) in [4.78, 5) is 12.5. The van der Waals surface area contributed by atoms with Crippen molar-refractivity contribution in [2.24, 2.45) is 0 Å². The number of hydrogen-bond acceptors (Lipinski definition) is 4. The third-order valence-electron chi connectivity index (χ3n) is 3.88. The largest absolute Gasteiger partial charge is 0.494 e. The van der Waals surface area contributed by atoms with E-state index in [4.69, 9.17) is 14.2 Å². The molecule has 0 aromatic heterocycles. The summed E-state index contributed by atoms with van der Waals surface area (Å²) in [5, 5.41) is 3.01. The molecular weight excluding hydrogens is 386 g/mol. The number of amides is 1. The lowest BCUT2D eigenvalue weighted by Crippen LogP contribution is -2.27. The van der Waals surface area contributed by atoms with E-state index >= 15 is 0 Å². The standard InChI is InChI=1S/C19H20BrNO4/c1-3-23-14-6-4-5-13(9-14)19(22)21-12(2)15-10-17-18(11-16(15)20)25-8-7-24-17/h4-6,9-12H,3,7-8H2,1-2H3,(H,21,22). The Labute approximate surface area is 155 Å². The maximum atomic E-state index is 12.5.